The fraction of sp³-hybridized carbons (Fsp3) is 0.462. The SMILES string of the molecule is CC(CCc1ccc(F)cc1F)NC(C)C(=O)O. The fourth-order valence-corrected chi connectivity index (χ4v) is 1.68. The van der Waals surface area contributed by atoms with Gasteiger partial charge in [0.05, 0.1) is 0 Å². The summed E-state index contributed by atoms with van der Waals surface area (Å²) < 4.78 is 26.0. The molecule has 0 fully saturated rings. The number of carboxylic acids is 1. The quantitative estimate of drug-likeness (QED) is 0.822. The molecule has 0 radical (unpaired) electrons. The molecule has 2 unspecified atom stereocenters. The summed E-state index contributed by atoms with van der Waals surface area (Å²) in [6.07, 6.45) is 1.02. The van der Waals surface area contributed by atoms with Gasteiger partial charge in [0.1, 0.15) is 17.7 Å². The normalized spacial score (nSPS) is 14.2. The molecule has 0 bridgehead atoms. The summed E-state index contributed by atoms with van der Waals surface area (Å²) in [5.74, 6) is -2.08. The summed E-state index contributed by atoms with van der Waals surface area (Å²) >= 11 is 0. The maximum Gasteiger partial charge on any atom is 0.320 e. The van der Waals surface area contributed by atoms with Gasteiger partial charge in [0.25, 0.3) is 0 Å². The van der Waals surface area contributed by atoms with Crippen molar-refractivity contribution in [2.45, 2.75) is 38.8 Å². The van der Waals surface area contributed by atoms with Crippen LogP contribution >= 0.6 is 0 Å². The van der Waals surface area contributed by atoms with E-state index < -0.39 is 23.6 Å². The number of benzene rings is 1. The number of carbonyl (C=O) groups is 1. The second-order valence-corrected chi connectivity index (χ2v) is 4.40. The lowest BCUT2D eigenvalue weighted by Crippen LogP contribution is -2.40. The number of nitrogens with one attached hydrogen (secondary N) is 1. The highest BCUT2D eigenvalue weighted by molar-refractivity contribution is 5.72. The second kappa shape index (κ2) is 6.44. The van der Waals surface area contributed by atoms with Crippen LogP contribution in [0, 0.1) is 11.6 Å². The van der Waals surface area contributed by atoms with Gasteiger partial charge in [-0.3, -0.25) is 4.79 Å². The summed E-state index contributed by atoms with van der Waals surface area (Å²) in [7, 11) is 0. The van der Waals surface area contributed by atoms with Gasteiger partial charge in [-0.15, -0.1) is 0 Å². The van der Waals surface area contributed by atoms with Gasteiger partial charge in [-0.2, -0.15) is 0 Å². The predicted octanol–water partition coefficient (Wildman–Crippen LogP) is 2.35. The van der Waals surface area contributed by atoms with Crippen molar-refractivity contribution in [3.8, 4) is 0 Å². The Kier molecular flexibility index (Phi) is 5.22. The highest BCUT2D eigenvalue weighted by Gasteiger charge is 2.14. The van der Waals surface area contributed by atoms with Gasteiger partial charge in [0, 0.05) is 12.1 Å². The van der Waals surface area contributed by atoms with Crippen molar-refractivity contribution in [1.29, 1.82) is 0 Å². The molecular formula is C13H17F2NO2. The van der Waals surface area contributed by atoms with Gasteiger partial charge >= 0.3 is 5.97 Å². The standard InChI is InChI=1S/C13H17F2NO2/c1-8(16-9(2)13(17)18)3-4-10-5-6-11(14)7-12(10)15/h5-9,16H,3-4H2,1-2H3,(H,17,18). The Morgan fingerprint density at radius 1 is 1.39 bits per heavy atom. The first-order chi connectivity index (χ1) is 8.40. The first-order valence-corrected chi connectivity index (χ1v) is 5.83. The van der Waals surface area contributed by atoms with E-state index in [1.165, 1.54) is 12.1 Å². The van der Waals surface area contributed by atoms with E-state index in [0.29, 0.717) is 18.4 Å². The molecule has 0 aliphatic heterocycles. The number of carboxylic acid groups (broad SMARTS) is 1. The van der Waals surface area contributed by atoms with E-state index >= 15 is 0 Å². The van der Waals surface area contributed by atoms with Gasteiger partial charge in [0.2, 0.25) is 0 Å². The molecule has 0 saturated carbocycles. The van der Waals surface area contributed by atoms with Crippen LogP contribution in [0.4, 0.5) is 8.78 Å². The van der Waals surface area contributed by atoms with E-state index in [0.717, 1.165) is 6.07 Å². The van der Waals surface area contributed by atoms with Crippen molar-refractivity contribution in [3.05, 3.63) is 35.4 Å². The molecule has 0 aliphatic carbocycles. The molecule has 3 nitrogen and oxygen atoms in total. The Morgan fingerprint density at radius 2 is 2.06 bits per heavy atom. The van der Waals surface area contributed by atoms with Crippen molar-refractivity contribution in [3.63, 3.8) is 0 Å². The Morgan fingerprint density at radius 3 is 2.61 bits per heavy atom. The van der Waals surface area contributed by atoms with Gasteiger partial charge in [-0.05, 0) is 38.3 Å². The topological polar surface area (TPSA) is 49.3 Å². The van der Waals surface area contributed by atoms with E-state index in [4.69, 9.17) is 5.11 Å². The van der Waals surface area contributed by atoms with Crippen LogP contribution < -0.4 is 5.32 Å². The Balaban J connectivity index is 2.47. The average Bonchev–Trinajstić information content (AvgIpc) is 2.27. The molecule has 100 valence electrons. The zero-order valence-electron chi connectivity index (χ0n) is 10.4. The van der Waals surface area contributed by atoms with Crippen LogP contribution in [-0.2, 0) is 11.2 Å². The Hall–Kier alpha value is -1.49. The van der Waals surface area contributed by atoms with Crippen LogP contribution in [-0.4, -0.2) is 23.2 Å². The monoisotopic (exact) mass is 257 g/mol. The Labute approximate surface area is 105 Å². The first kappa shape index (κ1) is 14.6. The number of hydrogen-bond acceptors (Lipinski definition) is 2. The van der Waals surface area contributed by atoms with Gasteiger partial charge in [-0.25, -0.2) is 8.78 Å². The largest absolute Gasteiger partial charge is 0.480 e. The highest BCUT2D eigenvalue weighted by Crippen LogP contribution is 2.12. The smallest absolute Gasteiger partial charge is 0.320 e. The fourth-order valence-electron chi connectivity index (χ4n) is 1.68. The number of aryl methyl sites for hydroxylation is 1. The zero-order valence-corrected chi connectivity index (χ0v) is 10.4. The third-order valence-electron chi connectivity index (χ3n) is 2.77. The minimum atomic E-state index is -0.921. The second-order valence-electron chi connectivity index (χ2n) is 4.40. The molecule has 2 atom stereocenters. The van der Waals surface area contributed by atoms with E-state index in [1.807, 2.05) is 6.92 Å². The van der Waals surface area contributed by atoms with E-state index in [2.05, 4.69) is 5.32 Å². The third-order valence-corrected chi connectivity index (χ3v) is 2.77. The van der Waals surface area contributed by atoms with Crippen molar-refractivity contribution >= 4 is 5.97 Å². The lowest BCUT2D eigenvalue weighted by Gasteiger charge is -2.17. The maximum absolute atomic E-state index is 13.3. The minimum absolute atomic E-state index is 0.0550. The van der Waals surface area contributed by atoms with E-state index in [9.17, 15) is 13.6 Å². The third kappa shape index (κ3) is 4.41. The first-order valence-electron chi connectivity index (χ1n) is 5.83. The number of rotatable bonds is 6. The summed E-state index contributed by atoms with van der Waals surface area (Å²) in [6.45, 7) is 3.39. The number of hydrogen-bond donors (Lipinski definition) is 2. The van der Waals surface area contributed by atoms with Gasteiger partial charge in [0.15, 0.2) is 0 Å². The van der Waals surface area contributed by atoms with Crippen molar-refractivity contribution in [2.24, 2.45) is 0 Å². The molecule has 1 rings (SSSR count). The Bertz CT molecular complexity index is 423. The van der Waals surface area contributed by atoms with Crippen LogP contribution in [0.5, 0.6) is 0 Å². The molecule has 1 aromatic rings. The molecule has 0 aromatic heterocycles. The lowest BCUT2D eigenvalue weighted by molar-refractivity contribution is -0.139. The number of aliphatic carboxylic acids is 1. The molecule has 0 heterocycles. The summed E-state index contributed by atoms with van der Waals surface area (Å²) in [4.78, 5) is 10.6. The van der Waals surface area contributed by atoms with Crippen molar-refractivity contribution < 1.29 is 18.7 Å². The minimum Gasteiger partial charge on any atom is -0.480 e. The summed E-state index contributed by atoms with van der Waals surface area (Å²) in [5.41, 5.74) is 0.438. The molecular weight excluding hydrogens is 240 g/mol. The molecule has 0 spiro atoms. The molecule has 0 aliphatic rings. The number of halogens is 2. The van der Waals surface area contributed by atoms with Crippen LogP contribution in [0.3, 0.4) is 0 Å². The predicted molar refractivity (Wildman–Crippen MR) is 64.4 cm³/mol. The average molecular weight is 257 g/mol. The van der Waals surface area contributed by atoms with E-state index in [-0.39, 0.29) is 6.04 Å². The molecule has 5 heteroatoms. The van der Waals surface area contributed by atoms with E-state index in [1.54, 1.807) is 6.92 Å². The molecule has 0 saturated heterocycles. The van der Waals surface area contributed by atoms with Crippen molar-refractivity contribution in [2.75, 3.05) is 0 Å². The molecule has 1 aromatic carbocycles. The van der Waals surface area contributed by atoms with Crippen LogP contribution in [0.1, 0.15) is 25.8 Å². The lowest BCUT2D eigenvalue weighted by atomic mass is 10.0. The van der Waals surface area contributed by atoms with Crippen LogP contribution in [0.25, 0.3) is 0 Å². The summed E-state index contributed by atoms with van der Waals surface area (Å²) in [5, 5.41) is 11.6. The van der Waals surface area contributed by atoms with Crippen LogP contribution in [0.15, 0.2) is 18.2 Å². The van der Waals surface area contributed by atoms with Gasteiger partial charge in [-0.1, -0.05) is 6.07 Å². The zero-order chi connectivity index (χ0) is 13.7. The summed E-state index contributed by atoms with van der Waals surface area (Å²) in [6, 6.07) is 2.79. The highest BCUT2D eigenvalue weighted by atomic mass is 19.1. The van der Waals surface area contributed by atoms with Crippen molar-refractivity contribution in [1.82, 2.24) is 5.32 Å². The maximum atomic E-state index is 13.3. The molecule has 0 amide bonds. The van der Waals surface area contributed by atoms with Crippen LogP contribution in [0.2, 0.25) is 0 Å². The molecule has 2 N–H and O–H groups in total. The van der Waals surface area contributed by atoms with Gasteiger partial charge < -0.3 is 10.4 Å². The molecule has 18 heavy (non-hydrogen) atoms.